The SMILES string of the molecule is CSc1ccc(S(=O)(=O)Cl)c(Cl)c1. The van der Waals surface area contributed by atoms with Crippen molar-refractivity contribution >= 4 is 43.1 Å². The van der Waals surface area contributed by atoms with E-state index in [1.807, 2.05) is 6.26 Å². The lowest BCUT2D eigenvalue weighted by Gasteiger charge is -2.01. The molecule has 0 spiro atoms. The summed E-state index contributed by atoms with van der Waals surface area (Å²) >= 11 is 7.20. The summed E-state index contributed by atoms with van der Waals surface area (Å²) in [5, 5.41) is 0.154. The van der Waals surface area contributed by atoms with Crippen molar-refractivity contribution in [2.24, 2.45) is 0 Å². The Balaban J connectivity index is 3.29. The van der Waals surface area contributed by atoms with Crippen LogP contribution in [0.4, 0.5) is 0 Å². The van der Waals surface area contributed by atoms with Crippen LogP contribution in [-0.2, 0) is 9.05 Å². The smallest absolute Gasteiger partial charge is 0.207 e. The Labute approximate surface area is 90.7 Å². The van der Waals surface area contributed by atoms with E-state index in [-0.39, 0.29) is 9.92 Å². The maximum absolute atomic E-state index is 10.9. The van der Waals surface area contributed by atoms with Gasteiger partial charge < -0.3 is 0 Å². The van der Waals surface area contributed by atoms with E-state index >= 15 is 0 Å². The Hall–Kier alpha value is 0.1000. The van der Waals surface area contributed by atoms with Gasteiger partial charge in [-0.15, -0.1) is 11.8 Å². The summed E-state index contributed by atoms with van der Waals surface area (Å²) in [5.74, 6) is 0. The average molecular weight is 257 g/mol. The van der Waals surface area contributed by atoms with Gasteiger partial charge in [-0.1, -0.05) is 11.6 Å². The standard InChI is InChI=1S/C7H6Cl2O2S2/c1-12-5-2-3-7(6(8)4-5)13(9,10)11/h2-4H,1H3. The summed E-state index contributed by atoms with van der Waals surface area (Å²) < 4.78 is 21.9. The second-order valence-corrected chi connectivity index (χ2v) is 6.06. The summed E-state index contributed by atoms with van der Waals surface area (Å²) in [7, 11) is 1.41. The van der Waals surface area contributed by atoms with Crippen LogP contribution in [0.25, 0.3) is 0 Å². The van der Waals surface area contributed by atoms with Crippen molar-refractivity contribution in [3.8, 4) is 0 Å². The van der Waals surface area contributed by atoms with Gasteiger partial charge in [0.05, 0.1) is 5.02 Å². The molecule has 1 aromatic carbocycles. The monoisotopic (exact) mass is 256 g/mol. The lowest BCUT2D eigenvalue weighted by Crippen LogP contribution is -1.91. The highest BCUT2D eigenvalue weighted by molar-refractivity contribution is 8.13. The zero-order valence-electron chi connectivity index (χ0n) is 6.62. The van der Waals surface area contributed by atoms with E-state index in [0.717, 1.165) is 4.90 Å². The second-order valence-electron chi connectivity index (χ2n) is 2.23. The Morgan fingerprint density at radius 3 is 2.38 bits per heavy atom. The van der Waals surface area contributed by atoms with Gasteiger partial charge in [0.15, 0.2) is 0 Å². The van der Waals surface area contributed by atoms with Crippen molar-refractivity contribution in [2.75, 3.05) is 6.26 Å². The molecule has 0 atom stereocenters. The third-order valence-corrected chi connectivity index (χ3v) is 3.93. The normalized spacial score (nSPS) is 11.6. The van der Waals surface area contributed by atoms with Crippen molar-refractivity contribution in [2.45, 2.75) is 9.79 Å². The molecule has 0 radical (unpaired) electrons. The van der Waals surface area contributed by atoms with E-state index in [9.17, 15) is 8.42 Å². The summed E-state index contributed by atoms with van der Waals surface area (Å²) in [5.41, 5.74) is 0. The number of benzene rings is 1. The Kier molecular flexibility index (Phi) is 3.51. The molecule has 2 nitrogen and oxygen atoms in total. The van der Waals surface area contributed by atoms with Crippen molar-refractivity contribution in [3.05, 3.63) is 23.2 Å². The van der Waals surface area contributed by atoms with Crippen LogP contribution >= 0.6 is 34.0 Å². The summed E-state index contributed by atoms with van der Waals surface area (Å²) in [6, 6.07) is 4.63. The lowest BCUT2D eigenvalue weighted by molar-refractivity contribution is 0.609. The highest BCUT2D eigenvalue weighted by Crippen LogP contribution is 2.28. The molecule has 1 rings (SSSR count). The molecule has 0 aliphatic rings. The van der Waals surface area contributed by atoms with Crippen LogP contribution in [0.1, 0.15) is 0 Å². The molecule has 0 N–H and O–H groups in total. The van der Waals surface area contributed by atoms with Gasteiger partial charge in [-0.2, -0.15) is 0 Å². The van der Waals surface area contributed by atoms with E-state index in [2.05, 4.69) is 0 Å². The Morgan fingerprint density at radius 2 is 2.00 bits per heavy atom. The molecule has 0 fully saturated rings. The van der Waals surface area contributed by atoms with Crippen LogP contribution in [0.3, 0.4) is 0 Å². The van der Waals surface area contributed by atoms with Gasteiger partial charge >= 0.3 is 0 Å². The van der Waals surface area contributed by atoms with E-state index < -0.39 is 9.05 Å². The van der Waals surface area contributed by atoms with Gasteiger partial charge in [-0.05, 0) is 24.5 Å². The lowest BCUT2D eigenvalue weighted by atomic mass is 10.4. The topological polar surface area (TPSA) is 34.1 Å². The number of hydrogen-bond acceptors (Lipinski definition) is 3. The maximum Gasteiger partial charge on any atom is 0.262 e. The first-order valence-corrected chi connectivity index (χ1v) is 7.14. The Morgan fingerprint density at radius 1 is 1.38 bits per heavy atom. The van der Waals surface area contributed by atoms with Crippen molar-refractivity contribution < 1.29 is 8.42 Å². The van der Waals surface area contributed by atoms with Crippen molar-refractivity contribution in [1.29, 1.82) is 0 Å². The van der Waals surface area contributed by atoms with E-state index in [0.29, 0.717) is 0 Å². The maximum atomic E-state index is 10.9. The highest BCUT2D eigenvalue weighted by Gasteiger charge is 2.14. The van der Waals surface area contributed by atoms with Crippen LogP contribution in [0.2, 0.25) is 5.02 Å². The summed E-state index contributed by atoms with van der Waals surface area (Å²) in [6.45, 7) is 0. The van der Waals surface area contributed by atoms with Gasteiger partial charge in [0, 0.05) is 15.6 Å². The van der Waals surface area contributed by atoms with Gasteiger partial charge in [0.25, 0.3) is 9.05 Å². The molecule has 0 saturated carbocycles. The van der Waals surface area contributed by atoms with E-state index in [1.54, 1.807) is 12.1 Å². The molecule has 0 aromatic heterocycles. The number of hydrogen-bond donors (Lipinski definition) is 0. The molecular formula is C7H6Cl2O2S2. The van der Waals surface area contributed by atoms with Crippen molar-refractivity contribution in [3.63, 3.8) is 0 Å². The minimum absolute atomic E-state index is 0.0476. The first-order chi connectivity index (χ1) is 5.95. The predicted molar refractivity (Wildman–Crippen MR) is 56.3 cm³/mol. The molecule has 0 heterocycles. The molecule has 0 aliphatic heterocycles. The van der Waals surface area contributed by atoms with Crippen LogP contribution < -0.4 is 0 Å². The zero-order chi connectivity index (χ0) is 10.1. The van der Waals surface area contributed by atoms with E-state index in [1.165, 1.54) is 17.8 Å². The average Bonchev–Trinajstić information content (AvgIpc) is 2.01. The first-order valence-electron chi connectivity index (χ1n) is 3.23. The molecule has 0 unspecified atom stereocenters. The number of halogens is 2. The van der Waals surface area contributed by atoms with Crippen LogP contribution in [0, 0.1) is 0 Å². The molecule has 1 aromatic rings. The first kappa shape index (κ1) is 11.2. The Bertz CT molecular complexity index is 415. The molecular weight excluding hydrogens is 251 g/mol. The molecule has 0 saturated heterocycles. The van der Waals surface area contributed by atoms with Gasteiger partial charge in [0.1, 0.15) is 4.90 Å². The fourth-order valence-electron chi connectivity index (χ4n) is 0.806. The fourth-order valence-corrected chi connectivity index (χ4v) is 2.84. The molecule has 0 aliphatic carbocycles. The number of thioether (sulfide) groups is 1. The zero-order valence-corrected chi connectivity index (χ0v) is 9.77. The second kappa shape index (κ2) is 4.09. The third-order valence-electron chi connectivity index (χ3n) is 1.40. The summed E-state index contributed by atoms with van der Waals surface area (Å²) in [6.07, 6.45) is 1.88. The van der Waals surface area contributed by atoms with E-state index in [4.69, 9.17) is 22.3 Å². The summed E-state index contributed by atoms with van der Waals surface area (Å²) in [4.78, 5) is 0.850. The molecule has 13 heavy (non-hydrogen) atoms. The molecule has 0 amide bonds. The minimum atomic E-state index is -3.73. The molecule has 72 valence electrons. The van der Waals surface area contributed by atoms with Gasteiger partial charge in [-0.25, -0.2) is 8.42 Å². The van der Waals surface area contributed by atoms with Crippen LogP contribution in [0.15, 0.2) is 28.0 Å². The predicted octanol–water partition coefficient (Wildman–Crippen LogP) is 2.99. The molecule has 0 bridgehead atoms. The minimum Gasteiger partial charge on any atom is -0.207 e. The van der Waals surface area contributed by atoms with Gasteiger partial charge in [0.2, 0.25) is 0 Å². The fraction of sp³-hybridized carbons (Fsp3) is 0.143. The van der Waals surface area contributed by atoms with Gasteiger partial charge in [-0.3, -0.25) is 0 Å². The van der Waals surface area contributed by atoms with Crippen molar-refractivity contribution in [1.82, 2.24) is 0 Å². The van der Waals surface area contributed by atoms with Crippen LogP contribution in [0.5, 0.6) is 0 Å². The highest BCUT2D eigenvalue weighted by atomic mass is 35.7. The largest absolute Gasteiger partial charge is 0.262 e. The quantitative estimate of drug-likeness (QED) is 0.603. The molecule has 6 heteroatoms. The van der Waals surface area contributed by atoms with Crippen LogP contribution in [-0.4, -0.2) is 14.7 Å². The third kappa shape index (κ3) is 2.77. The number of rotatable bonds is 2.